The summed E-state index contributed by atoms with van der Waals surface area (Å²) in [6.45, 7) is 2.46. The Bertz CT molecular complexity index is 980. The van der Waals surface area contributed by atoms with Crippen molar-refractivity contribution in [3.8, 4) is 5.88 Å². The molecule has 166 valence electrons. The van der Waals surface area contributed by atoms with Crippen LogP contribution >= 0.6 is 11.6 Å². The van der Waals surface area contributed by atoms with Gasteiger partial charge in [0.1, 0.15) is 6.61 Å². The van der Waals surface area contributed by atoms with E-state index in [4.69, 9.17) is 16.3 Å². The number of hydrogen-bond donors (Lipinski definition) is 1. The molecule has 1 aliphatic rings. The van der Waals surface area contributed by atoms with E-state index in [0.29, 0.717) is 24.1 Å². The third kappa shape index (κ3) is 5.64. The van der Waals surface area contributed by atoms with Gasteiger partial charge >= 0.3 is 0 Å². The Balaban J connectivity index is 1.64. The van der Waals surface area contributed by atoms with Crippen LogP contribution in [-0.4, -0.2) is 47.0 Å². The third-order valence-corrected chi connectivity index (χ3v) is 5.91. The lowest BCUT2D eigenvalue weighted by molar-refractivity contribution is -0.138. The summed E-state index contributed by atoms with van der Waals surface area (Å²) >= 11 is 6.15. The average Bonchev–Trinajstić information content (AvgIpc) is 2.86. The maximum atomic E-state index is 13.8. The summed E-state index contributed by atoms with van der Waals surface area (Å²) in [6, 6.07) is 18.6. The number of piperidine rings is 1. The van der Waals surface area contributed by atoms with Crippen molar-refractivity contribution in [3.63, 3.8) is 0 Å². The predicted molar refractivity (Wildman–Crippen MR) is 125 cm³/mol. The Morgan fingerprint density at radius 3 is 2.41 bits per heavy atom. The van der Waals surface area contributed by atoms with Crippen molar-refractivity contribution in [2.24, 2.45) is 5.92 Å². The minimum absolute atomic E-state index is 0.0235. The molecule has 2 aromatic heterocycles. The van der Waals surface area contributed by atoms with Crippen LogP contribution in [0.3, 0.4) is 0 Å². The van der Waals surface area contributed by atoms with E-state index in [1.54, 1.807) is 12.4 Å². The molecule has 1 atom stereocenters. The van der Waals surface area contributed by atoms with Crippen LogP contribution in [0.25, 0.3) is 0 Å². The third-order valence-electron chi connectivity index (χ3n) is 5.66. The summed E-state index contributed by atoms with van der Waals surface area (Å²) in [6.07, 6.45) is 5.10. The molecule has 1 aromatic carbocycles. The van der Waals surface area contributed by atoms with E-state index >= 15 is 0 Å². The molecule has 32 heavy (non-hydrogen) atoms. The maximum Gasteiger partial charge on any atom is 0.226 e. The molecule has 3 heterocycles. The van der Waals surface area contributed by atoms with Gasteiger partial charge in [-0.2, -0.15) is 0 Å². The van der Waals surface area contributed by atoms with Crippen molar-refractivity contribution in [3.05, 3.63) is 89.3 Å². The van der Waals surface area contributed by atoms with E-state index in [1.807, 2.05) is 65.6 Å². The molecular weight excluding hydrogens is 424 g/mol. The first-order valence-corrected chi connectivity index (χ1v) is 11.3. The number of amides is 1. The summed E-state index contributed by atoms with van der Waals surface area (Å²) in [4.78, 5) is 24.5. The molecule has 4 rings (SSSR count). The first-order chi connectivity index (χ1) is 15.7. The first kappa shape index (κ1) is 22.2. The van der Waals surface area contributed by atoms with Gasteiger partial charge < -0.3 is 15.0 Å². The van der Waals surface area contributed by atoms with Gasteiger partial charge in [0, 0.05) is 29.4 Å². The second-order valence-electron chi connectivity index (χ2n) is 7.78. The zero-order valence-corrected chi connectivity index (χ0v) is 18.6. The molecular formula is C25H27ClN4O2. The molecule has 0 bridgehead atoms. The molecule has 1 fully saturated rings. The quantitative estimate of drug-likeness (QED) is 0.559. The van der Waals surface area contributed by atoms with E-state index in [9.17, 15) is 4.79 Å². The monoisotopic (exact) mass is 450 g/mol. The summed E-state index contributed by atoms with van der Waals surface area (Å²) < 4.78 is 5.86. The lowest BCUT2D eigenvalue weighted by atomic mass is 9.93. The summed E-state index contributed by atoms with van der Waals surface area (Å²) in [5.74, 6) is 0.647. The number of nitrogens with one attached hydrogen (secondary N) is 1. The van der Waals surface area contributed by atoms with Crippen LogP contribution in [0, 0.1) is 5.92 Å². The Labute approximate surface area is 193 Å². The van der Waals surface area contributed by atoms with Gasteiger partial charge in [0.25, 0.3) is 0 Å². The topological polar surface area (TPSA) is 67.4 Å². The molecule has 1 aliphatic heterocycles. The number of pyridine rings is 2. The zero-order valence-electron chi connectivity index (χ0n) is 17.9. The standard InChI is InChI=1S/C25H27ClN4O2/c26-21-9-7-19(8-10-21)24(22-5-1-3-13-28-22)30(25(31)20-11-15-27-16-12-20)17-18-32-23-6-2-4-14-29-23/h1-10,13-14,20,24,27H,11-12,15-18H2/t24-/m1/s1. The van der Waals surface area contributed by atoms with E-state index in [1.165, 1.54) is 0 Å². The highest BCUT2D eigenvalue weighted by Crippen LogP contribution is 2.31. The van der Waals surface area contributed by atoms with Crippen LogP contribution in [0.1, 0.15) is 30.1 Å². The minimum atomic E-state index is -0.330. The number of halogens is 1. The second-order valence-corrected chi connectivity index (χ2v) is 8.22. The lowest BCUT2D eigenvalue weighted by Crippen LogP contribution is -2.45. The molecule has 6 nitrogen and oxygen atoms in total. The fourth-order valence-corrected chi connectivity index (χ4v) is 4.17. The van der Waals surface area contributed by atoms with Crippen LogP contribution in [-0.2, 0) is 4.79 Å². The molecule has 0 radical (unpaired) electrons. The number of nitrogens with zero attached hydrogens (tertiary/aromatic N) is 3. The zero-order chi connectivity index (χ0) is 22.2. The molecule has 0 aliphatic carbocycles. The van der Waals surface area contributed by atoms with Crippen LogP contribution < -0.4 is 10.1 Å². The normalized spacial score (nSPS) is 15.2. The summed E-state index contributed by atoms with van der Waals surface area (Å²) in [5, 5.41) is 4.00. The molecule has 7 heteroatoms. The Morgan fingerprint density at radius 2 is 1.75 bits per heavy atom. The van der Waals surface area contributed by atoms with Gasteiger partial charge in [-0.15, -0.1) is 0 Å². The fraction of sp³-hybridized carbons (Fsp3) is 0.320. The van der Waals surface area contributed by atoms with Gasteiger partial charge in [0.05, 0.1) is 18.3 Å². The van der Waals surface area contributed by atoms with Crippen molar-refractivity contribution >= 4 is 17.5 Å². The van der Waals surface area contributed by atoms with E-state index in [-0.39, 0.29) is 17.9 Å². The van der Waals surface area contributed by atoms with E-state index in [2.05, 4.69) is 15.3 Å². The number of carbonyl (C=O) groups is 1. The molecule has 0 saturated carbocycles. The second kappa shape index (κ2) is 11.1. The Morgan fingerprint density at radius 1 is 1.03 bits per heavy atom. The van der Waals surface area contributed by atoms with Crippen LogP contribution in [0.4, 0.5) is 0 Å². The highest BCUT2D eigenvalue weighted by atomic mass is 35.5. The van der Waals surface area contributed by atoms with Crippen molar-refractivity contribution in [1.29, 1.82) is 0 Å². The van der Waals surface area contributed by atoms with Gasteiger partial charge in [-0.1, -0.05) is 35.9 Å². The highest BCUT2D eigenvalue weighted by molar-refractivity contribution is 6.30. The number of benzene rings is 1. The maximum absolute atomic E-state index is 13.8. The summed E-state index contributed by atoms with van der Waals surface area (Å²) in [7, 11) is 0. The van der Waals surface area contributed by atoms with Gasteiger partial charge in [-0.25, -0.2) is 4.98 Å². The van der Waals surface area contributed by atoms with Crippen LogP contribution in [0.2, 0.25) is 5.02 Å². The van der Waals surface area contributed by atoms with Crippen molar-refractivity contribution < 1.29 is 9.53 Å². The molecule has 1 N–H and O–H groups in total. The summed E-state index contributed by atoms with van der Waals surface area (Å²) in [5.41, 5.74) is 1.78. The largest absolute Gasteiger partial charge is 0.476 e. The predicted octanol–water partition coefficient (Wildman–Crippen LogP) is 4.13. The van der Waals surface area contributed by atoms with E-state index < -0.39 is 0 Å². The van der Waals surface area contributed by atoms with Crippen molar-refractivity contribution in [2.75, 3.05) is 26.2 Å². The molecule has 1 saturated heterocycles. The molecule has 3 aromatic rings. The SMILES string of the molecule is O=C(C1CCNCC1)N(CCOc1ccccn1)[C@H](c1ccc(Cl)cc1)c1ccccn1. The number of ether oxygens (including phenoxy) is 1. The van der Waals surface area contributed by atoms with Crippen LogP contribution in [0.15, 0.2) is 73.1 Å². The van der Waals surface area contributed by atoms with Gasteiger partial charge in [-0.3, -0.25) is 9.78 Å². The minimum Gasteiger partial charge on any atom is -0.476 e. The first-order valence-electron chi connectivity index (χ1n) is 10.9. The molecule has 0 spiro atoms. The van der Waals surface area contributed by atoms with Gasteiger partial charge in [0.15, 0.2) is 0 Å². The fourth-order valence-electron chi connectivity index (χ4n) is 4.04. The highest BCUT2D eigenvalue weighted by Gasteiger charge is 2.33. The number of rotatable bonds is 8. The van der Waals surface area contributed by atoms with Crippen LogP contribution in [0.5, 0.6) is 5.88 Å². The number of aromatic nitrogens is 2. The lowest BCUT2D eigenvalue weighted by Gasteiger charge is -2.35. The van der Waals surface area contributed by atoms with Gasteiger partial charge in [0.2, 0.25) is 11.8 Å². The Kier molecular flexibility index (Phi) is 7.69. The average molecular weight is 451 g/mol. The van der Waals surface area contributed by atoms with E-state index in [0.717, 1.165) is 37.2 Å². The van der Waals surface area contributed by atoms with Crippen molar-refractivity contribution in [1.82, 2.24) is 20.2 Å². The smallest absolute Gasteiger partial charge is 0.226 e. The Hall–Kier alpha value is -2.96. The molecule has 1 amide bonds. The number of carbonyl (C=O) groups excluding carboxylic acids is 1. The molecule has 0 unspecified atom stereocenters. The number of hydrogen-bond acceptors (Lipinski definition) is 5. The van der Waals surface area contributed by atoms with Crippen molar-refractivity contribution in [2.45, 2.75) is 18.9 Å². The van der Waals surface area contributed by atoms with Gasteiger partial charge in [-0.05, 0) is 61.8 Å².